The Labute approximate surface area is 201 Å². The Morgan fingerprint density at radius 1 is 1.14 bits per heavy atom. The lowest BCUT2D eigenvalue weighted by molar-refractivity contribution is -0.196. The third-order valence-corrected chi connectivity index (χ3v) is 6.73. The fourth-order valence-corrected chi connectivity index (χ4v) is 5.16. The summed E-state index contributed by atoms with van der Waals surface area (Å²) in [5.74, 6) is -0.554. The molecule has 6 rings (SSSR count). The Morgan fingerprint density at radius 3 is 2.80 bits per heavy atom. The summed E-state index contributed by atoms with van der Waals surface area (Å²) >= 11 is 0. The molecule has 0 aliphatic carbocycles. The number of anilines is 2. The lowest BCUT2D eigenvalue weighted by atomic mass is 10.0. The van der Waals surface area contributed by atoms with Crippen LogP contribution in [-0.4, -0.2) is 50.7 Å². The summed E-state index contributed by atoms with van der Waals surface area (Å²) in [7, 11) is 1.83. The number of ether oxygens (including phenoxy) is 3. The molecule has 0 saturated carbocycles. The molecule has 2 saturated heterocycles. The zero-order valence-electron chi connectivity index (χ0n) is 19.7. The molecule has 5 heterocycles. The van der Waals surface area contributed by atoms with E-state index in [-0.39, 0.29) is 30.4 Å². The molecular weight excluding hydrogens is 451 g/mol. The van der Waals surface area contributed by atoms with E-state index < -0.39 is 11.6 Å². The maximum atomic E-state index is 13.7. The van der Waals surface area contributed by atoms with Crippen molar-refractivity contribution in [2.75, 3.05) is 18.1 Å². The van der Waals surface area contributed by atoms with Gasteiger partial charge in [0.1, 0.15) is 30.0 Å². The van der Waals surface area contributed by atoms with Gasteiger partial charge in [0.2, 0.25) is 0 Å². The molecule has 1 aromatic carbocycles. The van der Waals surface area contributed by atoms with Crippen LogP contribution in [-0.2, 0) is 20.6 Å². The molecule has 4 aromatic rings. The second-order valence-corrected chi connectivity index (χ2v) is 9.48. The highest BCUT2D eigenvalue weighted by Gasteiger charge is 2.55. The summed E-state index contributed by atoms with van der Waals surface area (Å²) in [6.45, 7) is 3.85. The van der Waals surface area contributed by atoms with Gasteiger partial charge in [0.25, 0.3) is 0 Å². The lowest BCUT2D eigenvalue weighted by Crippen LogP contribution is -2.29. The number of rotatable bonds is 5. The summed E-state index contributed by atoms with van der Waals surface area (Å²) in [4.78, 5) is 13.0. The van der Waals surface area contributed by atoms with Crippen molar-refractivity contribution in [2.45, 2.75) is 57.0 Å². The molecule has 0 amide bonds. The van der Waals surface area contributed by atoms with Crippen molar-refractivity contribution >= 4 is 33.6 Å². The minimum Gasteiger partial charge on any atom is -0.381 e. The van der Waals surface area contributed by atoms with Gasteiger partial charge in [0.15, 0.2) is 23.7 Å². The van der Waals surface area contributed by atoms with E-state index in [0.29, 0.717) is 5.52 Å². The van der Waals surface area contributed by atoms with E-state index in [2.05, 4.69) is 20.3 Å². The molecule has 9 nitrogen and oxygen atoms in total. The number of halogens is 1. The van der Waals surface area contributed by atoms with Crippen LogP contribution >= 0.6 is 0 Å². The smallest absolute Gasteiger partial charge is 0.165 e. The number of fused-ring (bicyclic) bond motifs is 3. The first-order chi connectivity index (χ1) is 16.8. The van der Waals surface area contributed by atoms with Gasteiger partial charge >= 0.3 is 0 Å². The Bertz CT molecular complexity index is 1420. The summed E-state index contributed by atoms with van der Waals surface area (Å²) < 4.78 is 34.8. The van der Waals surface area contributed by atoms with Gasteiger partial charge < -0.3 is 29.8 Å². The number of hydrogen-bond acceptors (Lipinski definition) is 8. The van der Waals surface area contributed by atoms with Gasteiger partial charge in [-0.15, -0.1) is 0 Å². The van der Waals surface area contributed by atoms with Crippen molar-refractivity contribution in [1.29, 1.82) is 0 Å². The first-order valence-corrected chi connectivity index (χ1v) is 11.7. The third kappa shape index (κ3) is 3.78. The van der Waals surface area contributed by atoms with Crippen LogP contribution in [0.2, 0.25) is 0 Å². The van der Waals surface area contributed by atoms with Gasteiger partial charge in [-0.3, -0.25) is 0 Å². The standard InChI is InChI=1S/C25H27FN6O3/c1-25(2)34-19-18(7-5-13-4-6-14-11-16(26)21(27)31-17(14)10-13)33-24(20(19)35-25)32-9-8-15-22(28-3)29-12-30-23(15)32/h4,6,8-12,18-20,24H,5,7H2,1-3H3,(H2,27,31)(H,28,29,30)/t18-,19-,20-,24-/m1/s1. The van der Waals surface area contributed by atoms with E-state index in [4.69, 9.17) is 19.9 Å². The Hall–Kier alpha value is -3.34. The van der Waals surface area contributed by atoms with Crippen molar-refractivity contribution < 1.29 is 18.6 Å². The predicted octanol–water partition coefficient (Wildman–Crippen LogP) is 3.79. The lowest BCUT2D eigenvalue weighted by Gasteiger charge is -2.25. The van der Waals surface area contributed by atoms with E-state index >= 15 is 0 Å². The normalized spacial score (nSPS) is 25.4. The highest BCUT2D eigenvalue weighted by atomic mass is 19.1. The average molecular weight is 479 g/mol. The second kappa shape index (κ2) is 8.11. The van der Waals surface area contributed by atoms with Crippen LogP contribution in [0.3, 0.4) is 0 Å². The van der Waals surface area contributed by atoms with Crippen LogP contribution in [0.4, 0.5) is 16.0 Å². The summed E-state index contributed by atoms with van der Waals surface area (Å²) in [5, 5.41) is 4.73. The number of pyridine rings is 1. The Balaban J connectivity index is 1.27. The van der Waals surface area contributed by atoms with Gasteiger partial charge in [-0.05, 0) is 50.5 Å². The van der Waals surface area contributed by atoms with E-state index in [9.17, 15) is 4.39 Å². The minimum atomic E-state index is -0.710. The first-order valence-electron chi connectivity index (χ1n) is 11.7. The zero-order chi connectivity index (χ0) is 24.3. The van der Waals surface area contributed by atoms with E-state index in [0.717, 1.165) is 40.6 Å². The number of nitrogens with one attached hydrogen (secondary N) is 1. The van der Waals surface area contributed by atoms with Gasteiger partial charge in [0.05, 0.1) is 17.0 Å². The summed E-state index contributed by atoms with van der Waals surface area (Å²) in [6, 6.07) is 9.18. The molecule has 35 heavy (non-hydrogen) atoms. The number of benzene rings is 1. The number of hydrogen-bond donors (Lipinski definition) is 2. The number of aryl methyl sites for hydroxylation is 1. The Morgan fingerprint density at radius 2 is 1.97 bits per heavy atom. The van der Waals surface area contributed by atoms with Gasteiger partial charge in [-0.2, -0.15) is 0 Å². The molecule has 4 atom stereocenters. The van der Waals surface area contributed by atoms with E-state index in [1.807, 2.05) is 55.9 Å². The maximum Gasteiger partial charge on any atom is 0.165 e. The second-order valence-electron chi connectivity index (χ2n) is 9.48. The average Bonchev–Trinajstić information content (AvgIpc) is 3.49. The maximum absolute atomic E-state index is 13.7. The predicted molar refractivity (Wildman–Crippen MR) is 129 cm³/mol. The van der Waals surface area contributed by atoms with Crippen LogP contribution in [0.25, 0.3) is 21.9 Å². The van der Waals surface area contributed by atoms with Gasteiger partial charge in [0, 0.05) is 18.6 Å². The molecule has 0 unspecified atom stereocenters. The number of aromatic nitrogens is 4. The molecular formula is C25H27FN6O3. The van der Waals surface area contributed by atoms with Crippen LogP contribution in [0, 0.1) is 5.82 Å². The fraction of sp³-hybridized carbons (Fsp3) is 0.400. The van der Waals surface area contributed by atoms with Crippen molar-refractivity contribution in [3.05, 3.63) is 54.2 Å². The first kappa shape index (κ1) is 22.1. The van der Waals surface area contributed by atoms with Crippen molar-refractivity contribution in [2.24, 2.45) is 0 Å². The highest BCUT2D eigenvalue weighted by Crippen LogP contribution is 2.45. The van der Waals surface area contributed by atoms with Crippen molar-refractivity contribution in [3.8, 4) is 0 Å². The molecule has 182 valence electrons. The number of nitrogens with zero attached hydrogens (tertiary/aromatic N) is 4. The Kier molecular flexibility index (Phi) is 5.13. The summed E-state index contributed by atoms with van der Waals surface area (Å²) in [6.07, 6.45) is 3.88. The topological polar surface area (TPSA) is 109 Å². The van der Waals surface area contributed by atoms with Crippen LogP contribution in [0.1, 0.15) is 32.1 Å². The number of nitrogens with two attached hydrogens (primary N) is 1. The van der Waals surface area contributed by atoms with Crippen LogP contribution in [0.15, 0.2) is 42.9 Å². The quantitative estimate of drug-likeness (QED) is 0.446. The van der Waals surface area contributed by atoms with Gasteiger partial charge in [-0.25, -0.2) is 19.3 Å². The molecule has 3 N–H and O–H groups in total. The molecule has 0 bridgehead atoms. The molecule has 0 spiro atoms. The third-order valence-electron chi connectivity index (χ3n) is 6.73. The fourth-order valence-electron chi connectivity index (χ4n) is 5.16. The van der Waals surface area contributed by atoms with Gasteiger partial charge in [-0.1, -0.05) is 12.1 Å². The molecule has 0 radical (unpaired) electrons. The van der Waals surface area contributed by atoms with E-state index in [1.165, 1.54) is 12.4 Å². The molecule has 2 aliphatic heterocycles. The summed E-state index contributed by atoms with van der Waals surface area (Å²) in [5.41, 5.74) is 8.17. The molecule has 10 heteroatoms. The minimum absolute atomic E-state index is 0.0950. The molecule has 2 fully saturated rings. The molecule has 3 aromatic heterocycles. The van der Waals surface area contributed by atoms with E-state index in [1.54, 1.807) is 0 Å². The highest BCUT2D eigenvalue weighted by molar-refractivity contribution is 5.87. The van der Waals surface area contributed by atoms with Crippen LogP contribution < -0.4 is 11.1 Å². The number of nitrogen functional groups attached to an aromatic ring is 1. The van der Waals surface area contributed by atoms with Crippen molar-refractivity contribution in [3.63, 3.8) is 0 Å². The van der Waals surface area contributed by atoms with Crippen molar-refractivity contribution in [1.82, 2.24) is 19.5 Å². The monoisotopic (exact) mass is 478 g/mol. The SMILES string of the molecule is CNc1ncnc2c1ccn2[C@@H]1O[C@H](CCc2ccc3cc(F)c(N)nc3c2)[C@H]2OC(C)(C)O[C@H]21. The van der Waals surface area contributed by atoms with Crippen LogP contribution in [0.5, 0.6) is 0 Å². The largest absolute Gasteiger partial charge is 0.381 e. The molecule has 2 aliphatic rings. The zero-order valence-corrected chi connectivity index (χ0v) is 19.7.